The standard InChI is InChI=1S/C24H34N4O3S/c1-16-17(2)32-23-21(16)22(25-15-26-23)28-12-10-18(11-13-28)24(30)31-14-20(29)27-19-8-6-4-3-5-7-9-19/h15,18-19H,3-14H2,1-2H3,(H,27,29). The zero-order valence-corrected chi connectivity index (χ0v) is 20.0. The minimum atomic E-state index is -0.257. The number of carbonyl (C=O) groups excluding carboxylic acids is 2. The molecule has 2 aromatic rings. The molecule has 2 fully saturated rings. The lowest BCUT2D eigenvalue weighted by atomic mass is 9.96. The number of amides is 1. The highest BCUT2D eigenvalue weighted by molar-refractivity contribution is 7.18. The molecule has 2 aromatic heterocycles. The highest BCUT2D eigenvalue weighted by Crippen LogP contribution is 2.35. The van der Waals surface area contributed by atoms with Gasteiger partial charge in [0.15, 0.2) is 6.61 Å². The Morgan fingerprint density at radius 2 is 1.75 bits per heavy atom. The second kappa shape index (κ2) is 10.6. The molecule has 7 nitrogen and oxygen atoms in total. The van der Waals surface area contributed by atoms with Gasteiger partial charge < -0.3 is 15.0 Å². The van der Waals surface area contributed by atoms with Crippen molar-refractivity contribution in [2.45, 2.75) is 77.7 Å². The number of hydrogen-bond donors (Lipinski definition) is 1. The first-order valence-electron chi connectivity index (χ1n) is 11.9. The normalized spacial score (nSPS) is 18.9. The second-order valence-corrected chi connectivity index (χ2v) is 10.3. The van der Waals surface area contributed by atoms with Crippen molar-refractivity contribution in [1.82, 2.24) is 15.3 Å². The first-order valence-corrected chi connectivity index (χ1v) is 12.8. The zero-order valence-electron chi connectivity index (χ0n) is 19.2. The number of fused-ring (bicyclic) bond motifs is 1. The van der Waals surface area contributed by atoms with Crippen molar-refractivity contribution in [1.29, 1.82) is 0 Å². The first kappa shape index (κ1) is 23.0. The lowest BCUT2D eigenvalue weighted by molar-refractivity contribution is -0.153. The molecule has 8 heteroatoms. The average molecular weight is 459 g/mol. The summed E-state index contributed by atoms with van der Waals surface area (Å²) in [5.74, 6) is 0.367. The maximum absolute atomic E-state index is 12.6. The molecule has 0 unspecified atom stereocenters. The number of hydrogen-bond acceptors (Lipinski definition) is 7. The molecule has 1 amide bonds. The van der Waals surface area contributed by atoms with Crippen LogP contribution in [0.15, 0.2) is 6.33 Å². The topological polar surface area (TPSA) is 84.4 Å². The monoisotopic (exact) mass is 458 g/mol. The van der Waals surface area contributed by atoms with Gasteiger partial charge in [0.25, 0.3) is 5.91 Å². The first-order chi connectivity index (χ1) is 15.5. The van der Waals surface area contributed by atoms with Crippen molar-refractivity contribution in [2.24, 2.45) is 5.92 Å². The molecule has 1 aliphatic carbocycles. The van der Waals surface area contributed by atoms with Gasteiger partial charge in [0.05, 0.1) is 11.3 Å². The van der Waals surface area contributed by atoms with Crippen LogP contribution in [-0.4, -0.2) is 47.6 Å². The van der Waals surface area contributed by atoms with Gasteiger partial charge in [-0.05, 0) is 45.1 Å². The minimum absolute atomic E-state index is 0.164. The van der Waals surface area contributed by atoms with E-state index in [0.717, 1.165) is 54.8 Å². The van der Waals surface area contributed by atoms with Gasteiger partial charge in [0.2, 0.25) is 0 Å². The predicted molar refractivity (Wildman–Crippen MR) is 127 cm³/mol. The van der Waals surface area contributed by atoms with Crippen LogP contribution in [0.1, 0.15) is 68.2 Å². The van der Waals surface area contributed by atoms with E-state index in [1.54, 1.807) is 17.7 Å². The van der Waals surface area contributed by atoms with E-state index in [2.05, 4.69) is 34.0 Å². The summed E-state index contributed by atoms with van der Waals surface area (Å²) in [5, 5.41) is 4.19. The van der Waals surface area contributed by atoms with Gasteiger partial charge in [-0.2, -0.15) is 0 Å². The Morgan fingerprint density at radius 1 is 1.06 bits per heavy atom. The van der Waals surface area contributed by atoms with E-state index in [0.29, 0.717) is 12.8 Å². The van der Waals surface area contributed by atoms with Crippen LogP contribution in [0.3, 0.4) is 0 Å². The number of nitrogens with one attached hydrogen (secondary N) is 1. The lowest BCUT2D eigenvalue weighted by Crippen LogP contribution is -2.40. The number of rotatable bonds is 5. The molecule has 0 spiro atoms. The molecule has 174 valence electrons. The van der Waals surface area contributed by atoms with Gasteiger partial charge in [-0.1, -0.05) is 32.1 Å². The third-order valence-electron chi connectivity index (χ3n) is 6.89. The number of aromatic nitrogens is 2. The SMILES string of the molecule is Cc1sc2ncnc(N3CCC(C(=O)OCC(=O)NC4CCCCCCC4)CC3)c2c1C. The van der Waals surface area contributed by atoms with Crippen LogP contribution in [0.5, 0.6) is 0 Å². The van der Waals surface area contributed by atoms with Gasteiger partial charge in [0.1, 0.15) is 17.0 Å². The van der Waals surface area contributed by atoms with Crippen molar-refractivity contribution >= 4 is 39.2 Å². The second-order valence-electron chi connectivity index (χ2n) is 9.14. The fraction of sp³-hybridized carbons (Fsp3) is 0.667. The smallest absolute Gasteiger partial charge is 0.309 e. The molecule has 1 aliphatic heterocycles. The van der Waals surface area contributed by atoms with E-state index in [1.807, 2.05) is 0 Å². The Balaban J connectivity index is 1.25. The maximum atomic E-state index is 12.6. The van der Waals surface area contributed by atoms with Crippen molar-refractivity contribution in [3.05, 3.63) is 16.8 Å². The molecular formula is C24H34N4O3S. The summed E-state index contributed by atoms with van der Waals surface area (Å²) in [6.07, 6.45) is 11.2. The highest BCUT2D eigenvalue weighted by atomic mass is 32.1. The van der Waals surface area contributed by atoms with Gasteiger partial charge in [-0.3, -0.25) is 9.59 Å². The predicted octanol–water partition coefficient (Wildman–Crippen LogP) is 4.30. The summed E-state index contributed by atoms with van der Waals surface area (Å²) < 4.78 is 5.38. The summed E-state index contributed by atoms with van der Waals surface area (Å²) in [6, 6.07) is 0.221. The van der Waals surface area contributed by atoms with Crippen molar-refractivity contribution < 1.29 is 14.3 Å². The van der Waals surface area contributed by atoms with Gasteiger partial charge in [-0.15, -0.1) is 11.3 Å². The largest absolute Gasteiger partial charge is 0.455 e. The van der Waals surface area contributed by atoms with Gasteiger partial charge in [0, 0.05) is 24.0 Å². The Hall–Kier alpha value is -2.22. The van der Waals surface area contributed by atoms with Crippen molar-refractivity contribution in [2.75, 3.05) is 24.6 Å². The van der Waals surface area contributed by atoms with E-state index < -0.39 is 0 Å². The average Bonchev–Trinajstić information content (AvgIpc) is 3.07. The molecular weight excluding hydrogens is 424 g/mol. The van der Waals surface area contributed by atoms with E-state index in [1.165, 1.54) is 29.7 Å². The summed E-state index contributed by atoms with van der Waals surface area (Å²) in [6.45, 7) is 5.55. The molecule has 1 saturated carbocycles. The Bertz CT molecular complexity index is 944. The highest BCUT2D eigenvalue weighted by Gasteiger charge is 2.29. The van der Waals surface area contributed by atoms with Gasteiger partial charge >= 0.3 is 5.97 Å². The van der Waals surface area contributed by atoms with Crippen LogP contribution in [0, 0.1) is 19.8 Å². The number of nitrogens with zero attached hydrogens (tertiary/aromatic N) is 3. The number of esters is 1. The summed E-state index contributed by atoms with van der Waals surface area (Å²) in [5.41, 5.74) is 1.23. The van der Waals surface area contributed by atoms with E-state index in [4.69, 9.17) is 4.74 Å². The third-order valence-corrected chi connectivity index (χ3v) is 8.00. The Labute approximate surface area is 193 Å². The van der Waals surface area contributed by atoms with Crippen LogP contribution in [-0.2, 0) is 14.3 Å². The van der Waals surface area contributed by atoms with E-state index >= 15 is 0 Å². The minimum Gasteiger partial charge on any atom is -0.455 e. The summed E-state index contributed by atoms with van der Waals surface area (Å²) in [4.78, 5) is 38.3. The summed E-state index contributed by atoms with van der Waals surface area (Å²) in [7, 11) is 0. The third kappa shape index (κ3) is 5.39. The molecule has 1 saturated heterocycles. The molecule has 3 heterocycles. The number of anilines is 1. The van der Waals surface area contributed by atoms with Crippen LogP contribution >= 0.6 is 11.3 Å². The van der Waals surface area contributed by atoms with Crippen LogP contribution in [0.25, 0.3) is 10.2 Å². The zero-order chi connectivity index (χ0) is 22.5. The van der Waals surface area contributed by atoms with E-state index in [-0.39, 0.29) is 30.4 Å². The molecule has 0 bridgehead atoms. The number of carbonyl (C=O) groups is 2. The van der Waals surface area contributed by atoms with Gasteiger partial charge in [-0.25, -0.2) is 9.97 Å². The molecule has 0 radical (unpaired) electrons. The number of thiophene rings is 1. The molecule has 4 rings (SSSR count). The maximum Gasteiger partial charge on any atom is 0.309 e. The van der Waals surface area contributed by atoms with Crippen LogP contribution in [0.4, 0.5) is 5.82 Å². The number of ether oxygens (including phenoxy) is 1. The summed E-state index contributed by atoms with van der Waals surface area (Å²) >= 11 is 1.70. The number of aryl methyl sites for hydroxylation is 2. The molecule has 0 atom stereocenters. The molecule has 32 heavy (non-hydrogen) atoms. The van der Waals surface area contributed by atoms with Crippen molar-refractivity contribution in [3.8, 4) is 0 Å². The van der Waals surface area contributed by atoms with Crippen LogP contribution < -0.4 is 10.2 Å². The number of piperidine rings is 1. The fourth-order valence-electron chi connectivity index (χ4n) is 4.85. The molecule has 1 N–H and O–H groups in total. The lowest BCUT2D eigenvalue weighted by Gasteiger charge is -2.32. The van der Waals surface area contributed by atoms with E-state index in [9.17, 15) is 9.59 Å². The quantitative estimate of drug-likeness (QED) is 0.673. The Morgan fingerprint density at radius 3 is 2.47 bits per heavy atom. The Kier molecular flexibility index (Phi) is 7.60. The fourth-order valence-corrected chi connectivity index (χ4v) is 5.85. The molecule has 0 aromatic carbocycles. The van der Waals surface area contributed by atoms with Crippen molar-refractivity contribution in [3.63, 3.8) is 0 Å². The van der Waals surface area contributed by atoms with Crippen LogP contribution in [0.2, 0.25) is 0 Å². The molecule has 2 aliphatic rings.